The smallest absolute Gasteiger partial charge is 0.267 e. The van der Waals surface area contributed by atoms with Crippen molar-refractivity contribution in [3.8, 4) is 11.4 Å². The minimum atomic E-state index is -0.344. The number of benzene rings is 2. The van der Waals surface area contributed by atoms with Crippen LogP contribution < -0.4 is 11.0 Å². The molecule has 1 aliphatic rings. The zero-order valence-corrected chi connectivity index (χ0v) is 22.7. The number of aryl methyl sites for hydroxylation is 3. The molecule has 2 aromatic carbocycles. The molecule has 0 radical (unpaired) electrons. The molecule has 2 N–H and O–H groups in total. The normalized spacial score (nSPS) is 13.1. The molecule has 5 rings (SSSR count). The van der Waals surface area contributed by atoms with E-state index in [1.807, 2.05) is 43.3 Å². The number of nitrogens with zero attached hydrogens (tertiary/aromatic N) is 3. The highest BCUT2D eigenvalue weighted by molar-refractivity contribution is 7.99. The Balaban J connectivity index is 1.39. The number of carbonyl (C=O) groups is 1. The molecular weight excluding hydrogens is 516 g/mol. The number of rotatable bonds is 8. The van der Waals surface area contributed by atoms with Gasteiger partial charge < -0.3 is 5.11 Å². The van der Waals surface area contributed by atoms with Gasteiger partial charge in [0.05, 0.1) is 23.0 Å². The second kappa shape index (κ2) is 11.4. The highest BCUT2D eigenvalue weighted by Gasteiger charge is 2.23. The minimum Gasteiger partial charge on any atom is -0.507 e. The van der Waals surface area contributed by atoms with E-state index in [0.29, 0.717) is 22.5 Å². The first kappa shape index (κ1) is 25.9. The molecule has 0 saturated carbocycles. The van der Waals surface area contributed by atoms with E-state index in [2.05, 4.69) is 17.1 Å². The molecular formula is C29H28N4O3S2. The molecule has 2 heterocycles. The lowest BCUT2D eigenvalue weighted by Gasteiger charge is -2.13. The molecule has 0 spiro atoms. The summed E-state index contributed by atoms with van der Waals surface area (Å²) in [4.78, 5) is 33.3. The van der Waals surface area contributed by atoms with Crippen LogP contribution in [-0.2, 0) is 24.1 Å². The molecule has 9 heteroatoms. The molecule has 0 unspecified atom stereocenters. The maximum Gasteiger partial charge on any atom is 0.267 e. The van der Waals surface area contributed by atoms with Crippen LogP contribution in [0.15, 0.2) is 70.2 Å². The minimum absolute atomic E-state index is 0.0225. The van der Waals surface area contributed by atoms with Crippen LogP contribution in [0.1, 0.15) is 40.0 Å². The number of fused-ring (bicyclic) bond motifs is 3. The number of hydrogen-bond donors (Lipinski definition) is 2. The Morgan fingerprint density at radius 2 is 2.03 bits per heavy atom. The third kappa shape index (κ3) is 5.30. The molecule has 0 fully saturated rings. The molecule has 1 amide bonds. The number of thiophene rings is 1. The number of thioether (sulfide) groups is 1. The van der Waals surface area contributed by atoms with Gasteiger partial charge in [0.2, 0.25) is 0 Å². The number of phenols is 1. The third-order valence-electron chi connectivity index (χ3n) is 6.49. The van der Waals surface area contributed by atoms with Crippen molar-refractivity contribution < 1.29 is 9.90 Å². The molecule has 0 saturated heterocycles. The molecule has 2 aromatic heterocycles. The van der Waals surface area contributed by atoms with Gasteiger partial charge in [-0.15, -0.1) is 17.9 Å². The van der Waals surface area contributed by atoms with Crippen molar-refractivity contribution >= 4 is 45.4 Å². The first-order chi connectivity index (χ1) is 18.5. The number of hydrogen-bond acceptors (Lipinski definition) is 7. The average Bonchev–Trinajstić information content (AvgIpc) is 3.29. The van der Waals surface area contributed by atoms with E-state index < -0.39 is 0 Å². The standard InChI is InChI=1S/C29H28N4O3S2/c1-3-7-19-8-6-9-20(26(19)35)16-30-32-24(34)17-37-29-31-27-25(22-10-4-5-11-23(22)38-27)28(36)33(29)21-14-12-18(2)13-15-21/h3,6,8-9,12-16,35H,1,4-5,7,10-11,17H2,2H3,(H,32,34)/b30-16+. The van der Waals surface area contributed by atoms with E-state index in [9.17, 15) is 14.7 Å². The van der Waals surface area contributed by atoms with Gasteiger partial charge in [-0.2, -0.15) is 5.10 Å². The Kier molecular flexibility index (Phi) is 7.76. The van der Waals surface area contributed by atoms with Crippen LogP contribution in [0.25, 0.3) is 15.9 Å². The predicted octanol–water partition coefficient (Wildman–Crippen LogP) is 5.31. The van der Waals surface area contributed by atoms with Crippen LogP contribution >= 0.6 is 23.1 Å². The number of carbonyl (C=O) groups excluding carboxylic acids is 1. The van der Waals surface area contributed by atoms with Crippen molar-refractivity contribution in [3.05, 3.63) is 92.6 Å². The van der Waals surface area contributed by atoms with Crippen molar-refractivity contribution in [1.29, 1.82) is 0 Å². The SMILES string of the molecule is C=CCc1cccc(/C=N/NC(=O)CSc2nc3sc4c(c3c(=O)n2-c2ccc(C)cc2)CCCC4)c1O. The molecule has 0 aliphatic heterocycles. The Labute approximate surface area is 228 Å². The van der Waals surface area contributed by atoms with E-state index in [-0.39, 0.29) is 23.0 Å². The summed E-state index contributed by atoms with van der Waals surface area (Å²) in [6, 6.07) is 13.1. The zero-order chi connectivity index (χ0) is 26.6. The fraction of sp³-hybridized carbons (Fsp3) is 0.241. The number of hydrazone groups is 1. The van der Waals surface area contributed by atoms with Crippen LogP contribution in [0, 0.1) is 6.92 Å². The lowest BCUT2D eigenvalue weighted by atomic mass is 9.97. The Morgan fingerprint density at radius 3 is 2.82 bits per heavy atom. The van der Waals surface area contributed by atoms with E-state index in [0.717, 1.165) is 52.9 Å². The van der Waals surface area contributed by atoms with Crippen molar-refractivity contribution in [2.75, 3.05) is 5.75 Å². The quantitative estimate of drug-likeness (QED) is 0.103. The third-order valence-corrected chi connectivity index (χ3v) is 8.61. The number of aromatic nitrogens is 2. The maximum atomic E-state index is 13.8. The van der Waals surface area contributed by atoms with Crippen LogP contribution in [0.5, 0.6) is 5.75 Å². The van der Waals surface area contributed by atoms with Gasteiger partial charge >= 0.3 is 0 Å². The lowest BCUT2D eigenvalue weighted by molar-refractivity contribution is -0.118. The molecule has 0 atom stereocenters. The van der Waals surface area contributed by atoms with Crippen LogP contribution in [0.3, 0.4) is 0 Å². The van der Waals surface area contributed by atoms with Crippen molar-refractivity contribution in [2.24, 2.45) is 5.10 Å². The number of allylic oxidation sites excluding steroid dienone is 1. The van der Waals surface area contributed by atoms with E-state index in [1.54, 1.807) is 28.0 Å². The summed E-state index contributed by atoms with van der Waals surface area (Å²) < 4.78 is 1.62. The Hall–Kier alpha value is -3.69. The van der Waals surface area contributed by atoms with Gasteiger partial charge in [-0.3, -0.25) is 14.2 Å². The number of para-hydroxylation sites is 1. The Bertz CT molecular complexity index is 1600. The summed E-state index contributed by atoms with van der Waals surface area (Å²) in [5.41, 5.74) is 6.60. The summed E-state index contributed by atoms with van der Waals surface area (Å²) >= 11 is 2.79. The summed E-state index contributed by atoms with van der Waals surface area (Å²) in [6.07, 6.45) is 7.74. The van der Waals surface area contributed by atoms with Crippen LogP contribution in [0.2, 0.25) is 0 Å². The Morgan fingerprint density at radius 1 is 1.24 bits per heavy atom. The van der Waals surface area contributed by atoms with Gasteiger partial charge in [-0.05, 0) is 68.4 Å². The fourth-order valence-corrected chi connectivity index (χ4v) is 6.68. The number of phenolic OH excluding ortho intramolecular Hbond substituents is 1. The second-order valence-electron chi connectivity index (χ2n) is 9.19. The van der Waals surface area contributed by atoms with Gasteiger partial charge in [0.1, 0.15) is 10.6 Å². The largest absolute Gasteiger partial charge is 0.507 e. The van der Waals surface area contributed by atoms with Crippen molar-refractivity contribution in [1.82, 2.24) is 15.0 Å². The highest BCUT2D eigenvalue weighted by atomic mass is 32.2. The summed E-state index contributed by atoms with van der Waals surface area (Å²) in [5, 5.41) is 15.6. The highest BCUT2D eigenvalue weighted by Crippen LogP contribution is 2.35. The van der Waals surface area contributed by atoms with Gasteiger partial charge in [-0.1, -0.05) is 47.7 Å². The van der Waals surface area contributed by atoms with Crippen molar-refractivity contribution in [2.45, 2.75) is 44.2 Å². The number of nitrogens with one attached hydrogen (secondary N) is 1. The second-order valence-corrected chi connectivity index (χ2v) is 11.2. The van der Waals surface area contributed by atoms with E-state index in [4.69, 9.17) is 4.98 Å². The lowest BCUT2D eigenvalue weighted by Crippen LogP contribution is -2.24. The zero-order valence-electron chi connectivity index (χ0n) is 21.1. The summed E-state index contributed by atoms with van der Waals surface area (Å²) in [5.74, 6) is -0.212. The summed E-state index contributed by atoms with van der Waals surface area (Å²) in [6.45, 7) is 5.70. The molecule has 194 valence electrons. The molecule has 0 bridgehead atoms. The molecule has 7 nitrogen and oxygen atoms in total. The number of aromatic hydroxyl groups is 1. The van der Waals surface area contributed by atoms with Gasteiger partial charge in [0.25, 0.3) is 11.5 Å². The topological polar surface area (TPSA) is 96.6 Å². The number of amides is 1. The first-order valence-electron chi connectivity index (χ1n) is 12.5. The van der Waals surface area contributed by atoms with E-state index in [1.165, 1.54) is 22.9 Å². The molecule has 38 heavy (non-hydrogen) atoms. The van der Waals surface area contributed by atoms with Gasteiger partial charge in [0, 0.05) is 10.4 Å². The van der Waals surface area contributed by atoms with Crippen LogP contribution in [0.4, 0.5) is 0 Å². The van der Waals surface area contributed by atoms with Crippen LogP contribution in [-0.4, -0.2) is 32.5 Å². The first-order valence-corrected chi connectivity index (χ1v) is 14.3. The summed E-state index contributed by atoms with van der Waals surface area (Å²) in [7, 11) is 0. The van der Waals surface area contributed by atoms with Gasteiger partial charge in [-0.25, -0.2) is 10.4 Å². The fourth-order valence-electron chi connectivity index (χ4n) is 4.58. The van der Waals surface area contributed by atoms with E-state index >= 15 is 0 Å². The van der Waals surface area contributed by atoms with Gasteiger partial charge in [0.15, 0.2) is 5.16 Å². The average molecular weight is 545 g/mol. The molecule has 1 aliphatic carbocycles. The maximum absolute atomic E-state index is 13.8. The predicted molar refractivity (Wildman–Crippen MR) is 155 cm³/mol. The monoisotopic (exact) mass is 544 g/mol. The van der Waals surface area contributed by atoms with Crippen molar-refractivity contribution in [3.63, 3.8) is 0 Å². The molecule has 4 aromatic rings.